The topological polar surface area (TPSA) is 109 Å². The number of amides is 1. The van der Waals surface area contributed by atoms with Crippen molar-refractivity contribution < 1.29 is 27.8 Å². The van der Waals surface area contributed by atoms with Gasteiger partial charge in [0.25, 0.3) is 11.1 Å². The number of nitrogens with one attached hydrogen (secondary N) is 1. The lowest BCUT2D eigenvalue weighted by Gasteiger charge is -2.14. The van der Waals surface area contributed by atoms with Crippen LogP contribution in [0.3, 0.4) is 0 Å². The van der Waals surface area contributed by atoms with E-state index in [-0.39, 0.29) is 22.8 Å². The number of hydrogen-bond acceptors (Lipinski definition) is 9. The molecule has 0 saturated heterocycles. The fraction of sp³-hybridized carbons (Fsp3) is 0.278. The van der Waals surface area contributed by atoms with E-state index >= 15 is 0 Å². The zero-order valence-corrected chi connectivity index (χ0v) is 16.4. The monoisotopic (exact) mass is 405 g/mol. The second-order valence-electron chi connectivity index (χ2n) is 5.45. The van der Waals surface area contributed by atoms with Crippen LogP contribution < -0.4 is 19.5 Å². The number of hydrogen-bond donors (Lipinski definition) is 1. The van der Waals surface area contributed by atoms with Gasteiger partial charge in [-0.25, -0.2) is 0 Å². The van der Waals surface area contributed by atoms with Gasteiger partial charge in [-0.05, 0) is 29.8 Å². The average molecular weight is 405 g/mol. The first-order valence-corrected chi connectivity index (χ1v) is 9.19. The molecule has 0 aliphatic heterocycles. The van der Waals surface area contributed by atoms with Crippen molar-refractivity contribution in [3.63, 3.8) is 0 Å². The third-order valence-corrected chi connectivity index (χ3v) is 4.50. The number of ether oxygens (including phenoxy) is 3. The van der Waals surface area contributed by atoms with Crippen LogP contribution in [0.5, 0.6) is 17.2 Å². The fourth-order valence-electron chi connectivity index (χ4n) is 2.38. The highest BCUT2D eigenvalue weighted by Crippen LogP contribution is 2.38. The SMILES string of the molecule is COc1cc(CNC(=O)CSc2nnc(-c3ccco3)o2)cc(OC)c1OC. The number of carbonyl (C=O) groups excluding carboxylic acids is 1. The minimum atomic E-state index is -0.184. The molecule has 0 saturated carbocycles. The minimum Gasteiger partial charge on any atom is -0.493 e. The van der Waals surface area contributed by atoms with Gasteiger partial charge in [0.2, 0.25) is 11.7 Å². The van der Waals surface area contributed by atoms with Crippen molar-refractivity contribution in [2.24, 2.45) is 0 Å². The Morgan fingerprint density at radius 2 is 1.89 bits per heavy atom. The Morgan fingerprint density at radius 1 is 1.14 bits per heavy atom. The second kappa shape index (κ2) is 9.18. The summed E-state index contributed by atoms with van der Waals surface area (Å²) in [6.45, 7) is 0.303. The summed E-state index contributed by atoms with van der Waals surface area (Å²) in [5.41, 5.74) is 0.811. The molecule has 0 aliphatic rings. The van der Waals surface area contributed by atoms with Crippen LogP contribution in [0.2, 0.25) is 0 Å². The molecule has 2 heterocycles. The van der Waals surface area contributed by atoms with Crippen LogP contribution in [0.15, 0.2) is 44.6 Å². The Morgan fingerprint density at radius 3 is 2.50 bits per heavy atom. The van der Waals surface area contributed by atoms with Crippen LogP contribution in [0.1, 0.15) is 5.56 Å². The second-order valence-corrected chi connectivity index (χ2v) is 6.38. The van der Waals surface area contributed by atoms with E-state index in [1.165, 1.54) is 27.6 Å². The van der Waals surface area contributed by atoms with Gasteiger partial charge in [0.05, 0.1) is 33.3 Å². The fourth-order valence-corrected chi connectivity index (χ4v) is 2.98. The van der Waals surface area contributed by atoms with Crippen molar-refractivity contribution in [3.8, 4) is 28.9 Å². The van der Waals surface area contributed by atoms with Gasteiger partial charge in [-0.2, -0.15) is 0 Å². The first-order valence-electron chi connectivity index (χ1n) is 8.20. The lowest BCUT2D eigenvalue weighted by atomic mass is 10.2. The number of methoxy groups -OCH3 is 3. The summed E-state index contributed by atoms with van der Waals surface area (Å²) in [6.07, 6.45) is 1.52. The summed E-state index contributed by atoms with van der Waals surface area (Å²) in [6, 6.07) is 7.00. The number of benzene rings is 1. The number of nitrogens with zero attached hydrogens (tertiary/aromatic N) is 2. The molecule has 3 rings (SSSR count). The van der Waals surface area contributed by atoms with E-state index in [0.717, 1.165) is 17.3 Å². The van der Waals surface area contributed by atoms with Gasteiger partial charge >= 0.3 is 0 Å². The molecule has 2 aromatic heterocycles. The molecule has 9 nitrogen and oxygen atoms in total. The van der Waals surface area contributed by atoms with Crippen molar-refractivity contribution in [2.45, 2.75) is 11.8 Å². The summed E-state index contributed by atoms with van der Waals surface area (Å²) >= 11 is 1.14. The summed E-state index contributed by atoms with van der Waals surface area (Å²) < 4.78 is 26.5. The number of rotatable bonds is 9. The van der Waals surface area contributed by atoms with E-state index in [0.29, 0.717) is 29.6 Å². The summed E-state index contributed by atoms with van der Waals surface area (Å²) in [5, 5.41) is 10.9. The van der Waals surface area contributed by atoms with Crippen molar-refractivity contribution in [1.29, 1.82) is 0 Å². The highest BCUT2D eigenvalue weighted by molar-refractivity contribution is 7.99. The molecular formula is C18H19N3O6S. The zero-order chi connectivity index (χ0) is 19.9. The van der Waals surface area contributed by atoms with E-state index < -0.39 is 0 Å². The third-order valence-electron chi connectivity index (χ3n) is 3.68. The predicted octanol–water partition coefficient (Wildman–Crippen LogP) is 2.76. The lowest BCUT2D eigenvalue weighted by Crippen LogP contribution is -2.24. The summed E-state index contributed by atoms with van der Waals surface area (Å²) in [7, 11) is 4.61. The average Bonchev–Trinajstić information content (AvgIpc) is 3.41. The van der Waals surface area contributed by atoms with Gasteiger partial charge in [-0.15, -0.1) is 10.2 Å². The first kappa shape index (κ1) is 19.6. The molecule has 1 N–H and O–H groups in total. The van der Waals surface area contributed by atoms with Crippen LogP contribution >= 0.6 is 11.8 Å². The van der Waals surface area contributed by atoms with Crippen molar-refractivity contribution in [3.05, 3.63) is 36.1 Å². The smallest absolute Gasteiger partial charge is 0.284 e. The maximum absolute atomic E-state index is 12.1. The molecular weight excluding hydrogens is 386 g/mol. The molecule has 10 heteroatoms. The van der Waals surface area contributed by atoms with Crippen LogP contribution in [0, 0.1) is 0 Å². The molecule has 148 valence electrons. The normalized spacial score (nSPS) is 10.5. The molecule has 0 bridgehead atoms. The van der Waals surface area contributed by atoms with Gasteiger partial charge in [0.15, 0.2) is 17.3 Å². The predicted molar refractivity (Wildman–Crippen MR) is 101 cm³/mol. The largest absolute Gasteiger partial charge is 0.493 e. The summed E-state index contributed by atoms with van der Waals surface area (Å²) in [4.78, 5) is 12.1. The highest BCUT2D eigenvalue weighted by Gasteiger charge is 2.15. The van der Waals surface area contributed by atoms with Gasteiger partial charge in [0, 0.05) is 6.54 Å². The first-order chi connectivity index (χ1) is 13.6. The maximum atomic E-state index is 12.1. The molecule has 1 aromatic carbocycles. The Bertz CT molecular complexity index is 900. The van der Waals surface area contributed by atoms with E-state index in [1.54, 1.807) is 24.3 Å². The molecule has 0 radical (unpaired) electrons. The van der Waals surface area contributed by atoms with Gasteiger partial charge in [-0.1, -0.05) is 11.8 Å². The Hall–Kier alpha value is -3.14. The Labute approximate surface area is 165 Å². The van der Waals surface area contributed by atoms with Gasteiger partial charge < -0.3 is 28.4 Å². The van der Waals surface area contributed by atoms with Gasteiger partial charge in [-0.3, -0.25) is 4.79 Å². The number of aromatic nitrogens is 2. The molecule has 0 unspecified atom stereocenters. The molecule has 0 spiro atoms. The van der Waals surface area contributed by atoms with Crippen molar-refractivity contribution >= 4 is 17.7 Å². The molecule has 0 atom stereocenters. The molecule has 3 aromatic rings. The number of thioether (sulfide) groups is 1. The van der Waals surface area contributed by atoms with E-state index in [9.17, 15) is 4.79 Å². The van der Waals surface area contributed by atoms with Crippen molar-refractivity contribution in [1.82, 2.24) is 15.5 Å². The van der Waals surface area contributed by atoms with Crippen LogP contribution in [-0.4, -0.2) is 43.2 Å². The molecule has 0 fully saturated rings. The quantitative estimate of drug-likeness (QED) is 0.537. The maximum Gasteiger partial charge on any atom is 0.284 e. The summed E-state index contributed by atoms with van der Waals surface area (Å²) in [5.74, 6) is 2.24. The highest BCUT2D eigenvalue weighted by atomic mass is 32.2. The van der Waals surface area contributed by atoms with E-state index in [1.807, 2.05) is 0 Å². The van der Waals surface area contributed by atoms with Gasteiger partial charge in [0.1, 0.15) is 0 Å². The molecule has 1 amide bonds. The molecule has 0 aliphatic carbocycles. The van der Waals surface area contributed by atoms with E-state index in [2.05, 4.69) is 15.5 Å². The molecule has 28 heavy (non-hydrogen) atoms. The standard InChI is InChI=1S/C18H19N3O6S/c1-23-13-7-11(8-14(24-2)16(13)25-3)9-19-15(22)10-28-18-21-20-17(27-18)12-5-4-6-26-12/h4-8H,9-10H2,1-3H3,(H,19,22). The zero-order valence-electron chi connectivity index (χ0n) is 15.6. The number of furan rings is 1. The van der Waals surface area contributed by atoms with Crippen LogP contribution in [-0.2, 0) is 11.3 Å². The van der Waals surface area contributed by atoms with Crippen LogP contribution in [0.25, 0.3) is 11.7 Å². The Kier molecular flexibility index (Phi) is 6.43. The minimum absolute atomic E-state index is 0.129. The lowest BCUT2D eigenvalue weighted by molar-refractivity contribution is -0.118. The Balaban J connectivity index is 1.54. The van der Waals surface area contributed by atoms with Crippen molar-refractivity contribution in [2.75, 3.05) is 27.1 Å². The van der Waals surface area contributed by atoms with E-state index in [4.69, 9.17) is 23.0 Å². The number of carbonyl (C=O) groups is 1. The van der Waals surface area contributed by atoms with Crippen LogP contribution in [0.4, 0.5) is 0 Å². The third kappa shape index (κ3) is 4.58.